The molecule has 0 amide bonds. The van der Waals surface area contributed by atoms with E-state index in [2.05, 4.69) is 9.71 Å². The summed E-state index contributed by atoms with van der Waals surface area (Å²) in [7, 11) is -3.79. The zero-order valence-electron chi connectivity index (χ0n) is 10.9. The smallest absolute Gasteiger partial charge is 0.244 e. The number of anilines is 1. The first-order chi connectivity index (χ1) is 9.90. The van der Waals surface area contributed by atoms with Gasteiger partial charge in [-0.2, -0.15) is 0 Å². The number of benzene rings is 1. The quantitative estimate of drug-likeness (QED) is 0.815. The zero-order chi connectivity index (χ0) is 15.5. The number of halogens is 2. The average molecular weight is 346 g/mol. The number of nitrogens with two attached hydrogens (primary N) is 1. The molecular weight excluding hydrogens is 333 g/mol. The highest BCUT2D eigenvalue weighted by atomic mass is 35.5. The molecule has 112 valence electrons. The molecule has 1 aromatic heterocycles. The molecule has 0 atom stereocenters. The third kappa shape index (κ3) is 4.07. The molecular formula is C13H13Cl2N3O2S. The van der Waals surface area contributed by atoms with E-state index in [4.69, 9.17) is 28.9 Å². The van der Waals surface area contributed by atoms with Crippen molar-refractivity contribution in [1.82, 2.24) is 9.71 Å². The second-order valence-electron chi connectivity index (χ2n) is 4.31. The summed E-state index contributed by atoms with van der Waals surface area (Å²) >= 11 is 11.7. The highest BCUT2D eigenvalue weighted by molar-refractivity contribution is 7.89. The van der Waals surface area contributed by atoms with E-state index in [0.29, 0.717) is 6.42 Å². The van der Waals surface area contributed by atoms with Gasteiger partial charge in [0.15, 0.2) is 0 Å². The Hall–Kier alpha value is -1.34. The fourth-order valence-corrected chi connectivity index (χ4v) is 3.83. The van der Waals surface area contributed by atoms with Crippen LogP contribution in [-0.2, 0) is 16.4 Å². The average Bonchev–Trinajstić information content (AvgIpc) is 2.38. The second kappa shape index (κ2) is 6.62. The lowest BCUT2D eigenvalue weighted by molar-refractivity contribution is 0.582. The minimum absolute atomic E-state index is 0.00332. The van der Waals surface area contributed by atoms with Gasteiger partial charge < -0.3 is 5.73 Å². The number of hydrogen-bond donors (Lipinski definition) is 2. The van der Waals surface area contributed by atoms with Crippen molar-refractivity contribution in [2.45, 2.75) is 11.3 Å². The van der Waals surface area contributed by atoms with Crippen LogP contribution in [-0.4, -0.2) is 19.9 Å². The summed E-state index contributed by atoms with van der Waals surface area (Å²) in [6, 6.07) is 6.33. The van der Waals surface area contributed by atoms with Gasteiger partial charge in [-0.15, -0.1) is 0 Å². The van der Waals surface area contributed by atoms with E-state index >= 15 is 0 Å². The molecule has 0 spiro atoms. The third-order valence-corrected chi connectivity index (χ3v) is 4.97. The summed E-state index contributed by atoms with van der Waals surface area (Å²) in [6.45, 7) is 0.227. The molecule has 0 fully saturated rings. The Balaban J connectivity index is 2.12. The molecule has 0 unspecified atom stereocenters. The first-order valence-electron chi connectivity index (χ1n) is 6.03. The van der Waals surface area contributed by atoms with Gasteiger partial charge in [0.1, 0.15) is 4.90 Å². The molecule has 0 aliphatic heterocycles. The van der Waals surface area contributed by atoms with Gasteiger partial charge in [0, 0.05) is 24.0 Å². The molecule has 0 bridgehead atoms. The summed E-state index contributed by atoms with van der Waals surface area (Å²) in [5.41, 5.74) is 6.69. The van der Waals surface area contributed by atoms with Crippen LogP contribution in [0.2, 0.25) is 10.0 Å². The van der Waals surface area contributed by atoms with Gasteiger partial charge in [0.05, 0.1) is 10.7 Å². The van der Waals surface area contributed by atoms with E-state index in [1.54, 1.807) is 12.4 Å². The zero-order valence-corrected chi connectivity index (χ0v) is 13.2. The minimum atomic E-state index is -3.79. The standard InChI is InChI=1S/C13H13Cl2N3O2S/c14-10-7-11(15)13(12(16)8-10)21(19,20)18-6-3-9-1-4-17-5-2-9/h1-2,4-5,7-8,18H,3,6,16H2. The lowest BCUT2D eigenvalue weighted by Crippen LogP contribution is -2.27. The van der Waals surface area contributed by atoms with Gasteiger partial charge in [0.25, 0.3) is 0 Å². The number of nitrogen functional groups attached to an aromatic ring is 1. The lowest BCUT2D eigenvalue weighted by atomic mass is 10.2. The van der Waals surface area contributed by atoms with Crippen LogP contribution >= 0.6 is 23.2 Å². The maximum absolute atomic E-state index is 12.2. The lowest BCUT2D eigenvalue weighted by Gasteiger charge is -2.11. The molecule has 1 heterocycles. The highest BCUT2D eigenvalue weighted by Crippen LogP contribution is 2.30. The number of rotatable bonds is 5. The maximum Gasteiger partial charge on any atom is 0.244 e. The summed E-state index contributed by atoms with van der Waals surface area (Å²) in [6.07, 6.45) is 3.84. The number of sulfonamides is 1. The van der Waals surface area contributed by atoms with Crippen LogP contribution in [0.15, 0.2) is 41.6 Å². The van der Waals surface area contributed by atoms with E-state index in [1.165, 1.54) is 12.1 Å². The fraction of sp³-hybridized carbons (Fsp3) is 0.154. The van der Waals surface area contributed by atoms with Gasteiger partial charge in [-0.3, -0.25) is 4.98 Å². The van der Waals surface area contributed by atoms with Crippen molar-refractivity contribution in [2.24, 2.45) is 0 Å². The van der Waals surface area contributed by atoms with E-state index < -0.39 is 10.0 Å². The monoisotopic (exact) mass is 345 g/mol. The molecule has 0 saturated carbocycles. The van der Waals surface area contributed by atoms with Crippen molar-refractivity contribution in [3.8, 4) is 0 Å². The Morgan fingerprint density at radius 1 is 1.19 bits per heavy atom. The van der Waals surface area contributed by atoms with Crippen molar-refractivity contribution in [2.75, 3.05) is 12.3 Å². The Morgan fingerprint density at radius 3 is 2.48 bits per heavy atom. The van der Waals surface area contributed by atoms with Crippen LogP contribution in [0.5, 0.6) is 0 Å². The molecule has 1 aromatic carbocycles. The Bertz CT molecular complexity index is 713. The summed E-state index contributed by atoms with van der Waals surface area (Å²) in [5.74, 6) is 0. The van der Waals surface area contributed by atoms with E-state index in [-0.39, 0.29) is 27.2 Å². The molecule has 3 N–H and O–H groups in total. The van der Waals surface area contributed by atoms with Crippen molar-refractivity contribution in [3.63, 3.8) is 0 Å². The summed E-state index contributed by atoms with van der Waals surface area (Å²) < 4.78 is 27.0. The van der Waals surface area contributed by atoms with Crippen molar-refractivity contribution < 1.29 is 8.42 Å². The van der Waals surface area contributed by atoms with Crippen molar-refractivity contribution in [1.29, 1.82) is 0 Å². The molecule has 5 nitrogen and oxygen atoms in total. The van der Waals surface area contributed by atoms with Gasteiger partial charge in [0.2, 0.25) is 10.0 Å². The van der Waals surface area contributed by atoms with Crippen LogP contribution < -0.4 is 10.5 Å². The largest absolute Gasteiger partial charge is 0.398 e. The second-order valence-corrected chi connectivity index (χ2v) is 6.86. The number of pyridine rings is 1. The number of nitrogens with one attached hydrogen (secondary N) is 1. The van der Waals surface area contributed by atoms with Crippen LogP contribution in [0.1, 0.15) is 5.56 Å². The summed E-state index contributed by atoms with van der Waals surface area (Å²) in [5, 5.41) is 0.282. The van der Waals surface area contributed by atoms with E-state index in [1.807, 2.05) is 12.1 Å². The predicted octanol–water partition coefficient (Wildman–Crippen LogP) is 2.49. The van der Waals surface area contributed by atoms with Crippen molar-refractivity contribution in [3.05, 3.63) is 52.3 Å². The number of hydrogen-bond acceptors (Lipinski definition) is 4. The molecule has 0 aliphatic carbocycles. The van der Waals surface area contributed by atoms with Crippen LogP contribution in [0.25, 0.3) is 0 Å². The number of nitrogens with zero attached hydrogens (tertiary/aromatic N) is 1. The molecule has 21 heavy (non-hydrogen) atoms. The molecule has 0 aliphatic rings. The SMILES string of the molecule is Nc1cc(Cl)cc(Cl)c1S(=O)(=O)NCCc1ccncc1. The minimum Gasteiger partial charge on any atom is -0.398 e. The van der Waals surface area contributed by atoms with Gasteiger partial charge >= 0.3 is 0 Å². The summed E-state index contributed by atoms with van der Waals surface area (Å²) in [4.78, 5) is 3.75. The van der Waals surface area contributed by atoms with Crippen LogP contribution in [0.4, 0.5) is 5.69 Å². The van der Waals surface area contributed by atoms with E-state index in [0.717, 1.165) is 5.56 Å². The topological polar surface area (TPSA) is 85.1 Å². The molecule has 0 radical (unpaired) electrons. The normalized spacial score (nSPS) is 11.5. The Kier molecular flexibility index (Phi) is 5.05. The highest BCUT2D eigenvalue weighted by Gasteiger charge is 2.21. The predicted molar refractivity (Wildman–Crippen MR) is 84.0 cm³/mol. The molecule has 8 heteroatoms. The van der Waals surface area contributed by atoms with Crippen molar-refractivity contribution >= 4 is 38.9 Å². The van der Waals surface area contributed by atoms with E-state index in [9.17, 15) is 8.42 Å². The Morgan fingerprint density at radius 2 is 1.86 bits per heavy atom. The van der Waals surface area contributed by atoms with Gasteiger partial charge in [-0.1, -0.05) is 23.2 Å². The van der Waals surface area contributed by atoms with Gasteiger partial charge in [-0.25, -0.2) is 13.1 Å². The molecule has 2 rings (SSSR count). The first kappa shape index (κ1) is 16.0. The van der Waals surface area contributed by atoms with Gasteiger partial charge in [-0.05, 0) is 36.2 Å². The molecule has 0 saturated heterocycles. The first-order valence-corrected chi connectivity index (χ1v) is 8.27. The Labute approximate surface area is 133 Å². The third-order valence-electron chi connectivity index (χ3n) is 2.76. The number of aromatic nitrogens is 1. The molecule has 2 aromatic rings. The fourth-order valence-electron chi connectivity index (χ4n) is 1.82. The van der Waals surface area contributed by atoms with Crippen LogP contribution in [0, 0.1) is 0 Å². The van der Waals surface area contributed by atoms with Crippen LogP contribution in [0.3, 0.4) is 0 Å². The maximum atomic E-state index is 12.2.